The van der Waals surface area contributed by atoms with E-state index in [4.69, 9.17) is 5.73 Å². The van der Waals surface area contributed by atoms with Crippen LogP contribution in [0.1, 0.15) is 29.5 Å². The van der Waals surface area contributed by atoms with Crippen molar-refractivity contribution >= 4 is 11.4 Å². The molecule has 0 unspecified atom stereocenters. The van der Waals surface area contributed by atoms with Crippen LogP contribution in [0.15, 0.2) is 73.1 Å². The fourth-order valence-electron chi connectivity index (χ4n) is 3.17. The lowest BCUT2D eigenvalue weighted by Crippen LogP contribution is -2.20. The van der Waals surface area contributed by atoms with Gasteiger partial charge in [0.2, 0.25) is 0 Å². The fourth-order valence-corrected chi connectivity index (χ4v) is 3.17. The van der Waals surface area contributed by atoms with Gasteiger partial charge in [0.15, 0.2) is 0 Å². The molecule has 0 aliphatic rings. The number of aromatic nitrogens is 1. The van der Waals surface area contributed by atoms with Gasteiger partial charge in [-0.2, -0.15) is 0 Å². The van der Waals surface area contributed by atoms with E-state index in [1.165, 1.54) is 23.1 Å². The van der Waals surface area contributed by atoms with Crippen molar-refractivity contribution in [2.45, 2.75) is 25.7 Å². The molecule has 1 aromatic heterocycles. The summed E-state index contributed by atoms with van der Waals surface area (Å²) in [6.07, 6.45) is 7.98. The predicted octanol–water partition coefficient (Wildman–Crippen LogP) is 4.71. The van der Waals surface area contributed by atoms with Gasteiger partial charge in [0.1, 0.15) is 0 Å². The molecular weight excluding hydrogens is 318 g/mol. The van der Waals surface area contributed by atoms with Gasteiger partial charge in [0, 0.05) is 19.8 Å². The molecule has 134 valence electrons. The molecule has 0 aliphatic heterocycles. The van der Waals surface area contributed by atoms with Crippen LogP contribution in [0.25, 0.3) is 0 Å². The molecule has 3 aromatic rings. The second-order valence-electron chi connectivity index (χ2n) is 6.79. The largest absolute Gasteiger partial charge is 0.397 e. The Hall–Kier alpha value is -2.81. The van der Waals surface area contributed by atoms with Crippen LogP contribution in [0.4, 0.5) is 11.4 Å². The van der Waals surface area contributed by atoms with Crippen LogP contribution >= 0.6 is 0 Å². The number of nitrogen functional groups attached to an aromatic ring is 1. The highest BCUT2D eigenvalue weighted by atomic mass is 15.1. The molecule has 3 nitrogen and oxygen atoms in total. The Morgan fingerprint density at radius 3 is 2.27 bits per heavy atom. The number of rotatable bonds is 8. The molecule has 0 atom stereocenters. The molecule has 0 bridgehead atoms. The first-order valence-electron chi connectivity index (χ1n) is 9.25. The Morgan fingerprint density at radius 1 is 0.846 bits per heavy atom. The first kappa shape index (κ1) is 18.0. The number of pyridine rings is 1. The first-order valence-corrected chi connectivity index (χ1v) is 9.25. The number of hydrogen-bond donors (Lipinski definition) is 1. The zero-order chi connectivity index (χ0) is 18.2. The molecule has 0 radical (unpaired) electrons. The molecule has 3 rings (SSSR count). The number of nitrogens with zero attached hydrogens (tertiary/aromatic N) is 2. The normalized spacial score (nSPS) is 10.7. The highest BCUT2D eigenvalue weighted by Crippen LogP contribution is 2.20. The molecule has 1 heterocycles. The summed E-state index contributed by atoms with van der Waals surface area (Å²) in [5.74, 6) is 0. The van der Waals surface area contributed by atoms with Crippen LogP contribution in [-0.2, 0) is 12.8 Å². The van der Waals surface area contributed by atoms with Crippen molar-refractivity contribution in [1.82, 2.24) is 4.98 Å². The average molecular weight is 345 g/mol. The van der Waals surface area contributed by atoms with E-state index >= 15 is 0 Å². The van der Waals surface area contributed by atoms with E-state index in [1.807, 2.05) is 12.3 Å². The van der Waals surface area contributed by atoms with Crippen molar-refractivity contribution in [3.05, 3.63) is 89.7 Å². The predicted molar refractivity (Wildman–Crippen MR) is 111 cm³/mol. The van der Waals surface area contributed by atoms with Gasteiger partial charge in [-0.3, -0.25) is 4.98 Å². The molecule has 0 spiro atoms. The topological polar surface area (TPSA) is 42.2 Å². The number of anilines is 2. The molecule has 0 aliphatic carbocycles. The van der Waals surface area contributed by atoms with Gasteiger partial charge in [0.25, 0.3) is 0 Å². The lowest BCUT2D eigenvalue weighted by atomic mass is 10.0. The number of benzene rings is 2. The first-order chi connectivity index (χ1) is 12.7. The van der Waals surface area contributed by atoms with Crippen molar-refractivity contribution in [3.8, 4) is 0 Å². The Kier molecular flexibility index (Phi) is 6.26. The fraction of sp³-hybridized carbons (Fsp3) is 0.261. The van der Waals surface area contributed by atoms with Crippen LogP contribution in [0.3, 0.4) is 0 Å². The van der Waals surface area contributed by atoms with Gasteiger partial charge < -0.3 is 10.6 Å². The van der Waals surface area contributed by atoms with Crippen LogP contribution in [0, 0.1) is 0 Å². The standard InChI is InChI=1S/C23H27N3/c1-26(23-18-25-15-14-22(23)24)16-6-5-7-19-10-12-21(13-11-19)17-20-8-3-2-4-9-20/h2-4,8-15,18H,5-7,16-17H2,1H3,(H2,24,25). The molecule has 0 fully saturated rings. The van der Waals surface area contributed by atoms with E-state index in [2.05, 4.69) is 71.5 Å². The highest BCUT2D eigenvalue weighted by molar-refractivity contribution is 5.65. The van der Waals surface area contributed by atoms with E-state index < -0.39 is 0 Å². The van der Waals surface area contributed by atoms with Crippen LogP contribution in [0.5, 0.6) is 0 Å². The average Bonchev–Trinajstić information content (AvgIpc) is 2.67. The number of nitrogens with two attached hydrogens (primary N) is 1. The summed E-state index contributed by atoms with van der Waals surface area (Å²) >= 11 is 0. The quantitative estimate of drug-likeness (QED) is 0.601. The van der Waals surface area contributed by atoms with Crippen molar-refractivity contribution in [2.75, 3.05) is 24.2 Å². The molecule has 2 aromatic carbocycles. The van der Waals surface area contributed by atoms with Crippen molar-refractivity contribution < 1.29 is 0 Å². The van der Waals surface area contributed by atoms with Crippen molar-refractivity contribution in [1.29, 1.82) is 0 Å². The van der Waals surface area contributed by atoms with Crippen LogP contribution in [0.2, 0.25) is 0 Å². The zero-order valence-corrected chi connectivity index (χ0v) is 15.4. The third-order valence-corrected chi connectivity index (χ3v) is 4.73. The maximum Gasteiger partial charge on any atom is 0.0783 e. The minimum Gasteiger partial charge on any atom is -0.397 e. The second kappa shape index (κ2) is 9.04. The van der Waals surface area contributed by atoms with Gasteiger partial charge in [0.05, 0.1) is 17.6 Å². The maximum absolute atomic E-state index is 6.00. The Balaban J connectivity index is 1.43. The van der Waals surface area contributed by atoms with E-state index in [0.717, 1.165) is 37.2 Å². The molecule has 3 heteroatoms. The molecule has 26 heavy (non-hydrogen) atoms. The zero-order valence-electron chi connectivity index (χ0n) is 15.4. The SMILES string of the molecule is CN(CCCCc1ccc(Cc2ccccc2)cc1)c1cnccc1N. The Bertz CT molecular complexity index is 797. The summed E-state index contributed by atoms with van der Waals surface area (Å²) in [7, 11) is 2.08. The third-order valence-electron chi connectivity index (χ3n) is 4.73. The molecule has 0 saturated heterocycles. The molecule has 0 amide bonds. The van der Waals surface area contributed by atoms with Gasteiger partial charge in [-0.05, 0) is 48.4 Å². The van der Waals surface area contributed by atoms with Gasteiger partial charge >= 0.3 is 0 Å². The molecule has 2 N–H and O–H groups in total. The number of aryl methyl sites for hydroxylation is 1. The minimum absolute atomic E-state index is 0.788. The smallest absolute Gasteiger partial charge is 0.0783 e. The van der Waals surface area contributed by atoms with Gasteiger partial charge in [-0.25, -0.2) is 0 Å². The van der Waals surface area contributed by atoms with Crippen molar-refractivity contribution in [3.63, 3.8) is 0 Å². The lowest BCUT2D eigenvalue weighted by molar-refractivity contribution is 0.719. The van der Waals surface area contributed by atoms with Crippen LogP contribution in [-0.4, -0.2) is 18.6 Å². The minimum atomic E-state index is 0.788. The van der Waals surface area contributed by atoms with E-state index in [9.17, 15) is 0 Å². The molecule has 0 saturated carbocycles. The van der Waals surface area contributed by atoms with E-state index in [0.29, 0.717) is 0 Å². The summed E-state index contributed by atoms with van der Waals surface area (Å²) in [6, 6.07) is 21.5. The van der Waals surface area contributed by atoms with Crippen molar-refractivity contribution in [2.24, 2.45) is 0 Å². The highest BCUT2D eigenvalue weighted by Gasteiger charge is 2.05. The Labute approximate surface area is 156 Å². The van der Waals surface area contributed by atoms with E-state index in [-0.39, 0.29) is 0 Å². The van der Waals surface area contributed by atoms with Gasteiger partial charge in [-0.15, -0.1) is 0 Å². The summed E-state index contributed by atoms with van der Waals surface area (Å²) in [6.45, 7) is 0.988. The number of hydrogen-bond acceptors (Lipinski definition) is 3. The molecular formula is C23H27N3. The summed E-state index contributed by atoms with van der Waals surface area (Å²) in [5, 5.41) is 0. The summed E-state index contributed by atoms with van der Waals surface area (Å²) in [4.78, 5) is 6.34. The lowest BCUT2D eigenvalue weighted by Gasteiger charge is -2.20. The summed E-state index contributed by atoms with van der Waals surface area (Å²) in [5.41, 5.74) is 11.9. The monoisotopic (exact) mass is 345 g/mol. The van der Waals surface area contributed by atoms with Gasteiger partial charge in [-0.1, -0.05) is 54.6 Å². The second-order valence-corrected chi connectivity index (χ2v) is 6.79. The Morgan fingerprint density at radius 2 is 1.54 bits per heavy atom. The third kappa shape index (κ3) is 5.09. The van der Waals surface area contributed by atoms with E-state index in [1.54, 1.807) is 6.20 Å². The summed E-state index contributed by atoms with van der Waals surface area (Å²) < 4.78 is 0. The maximum atomic E-state index is 6.00. The van der Waals surface area contributed by atoms with Crippen LogP contribution < -0.4 is 10.6 Å². The number of unbranched alkanes of at least 4 members (excludes halogenated alkanes) is 1.